The third kappa shape index (κ3) is 4.95. The Morgan fingerprint density at radius 2 is 1.88 bits per heavy atom. The maximum atomic E-state index is 4.33. The van der Waals surface area contributed by atoms with Crippen LogP contribution in [0.15, 0.2) is 35.3 Å². The molecule has 1 heteroatoms. The van der Waals surface area contributed by atoms with Gasteiger partial charge in [0.05, 0.1) is 0 Å². The molecule has 0 spiro atoms. The summed E-state index contributed by atoms with van der Waals surface area (Å²) in [6.07, 6.45) is 5.06. The maximum Gasteiger partial charge on any atom is 0.0484 e. The summed E-state index contributed by atoms with van der Waals surface area (Å²) in [5, 5.41) is 0. The predicted molar refractivity (Wildman–Crippen MR) is 72.0 cm³/mol. The van der Waals surface area contributed by atoms with Crippen LogP contribution < -0.4 is 0 Å². The highest BCUT2D eigenvalue weighted by Crippen LogP contribution is 2.08. The van der Waals surface area contributed by atoms with Crippen LogP contribution in [0.5, 0.6) is 0 Å². The van der Waals surface area contributed by atoms with Gasteiger partial charge in [-0.25, -0.2) is 4.99 Å². The summed E-state index contributed by atoms with van der Waals surface area (Å²) in [4.78, 5) is 4.33. The molecule has 0 saturated heterocycles. The highest BCUT2D eigenvalue weighted by Gasteiger charge is 1.91. The van der Waals surface area contributed by atoms with E-state index < -0.39 is 0 Å². The van der Waals surface area contributed by atoms with Gasteiger partial charge in [0.15, 0.2) is 0 Å². The maximum absolute atomic E-state index is 4.33. The summed E-state index contributed by atoms with van der Waals surface area (Å²) in [7, 11) is 0. The van der Waals surface area contributed by atoms with E-state index in [9.17, 15) is 0 Å². The van der Waals surface area contributed by atoms with Gasteiger partial charge in [-0.05, 0) is 24.8 Å². The quantitative estimate of drug-likeness (QED) is 0.494. The molecular formula is C15H21N. The average molecular weight is 215 g/mol. The normalized spacial score (nSPS) is 9.62. The monoisotopic (exact) mass is 215 g/mol. The summed E-state index contributed by atoms with van der Waals surface area (Å²) in [6.45, 7) is 5.19. The van der Waals surface area contributed by atoms with E-state index in [2.05, 4.69) is 36.8 Å². The second kappa shape index (κ2) is 7.90. The van der Waals surface area contributed by atoms with Crippen molar-refractivity contribution in [2.45, 2.75) is 39.5 Å². The zero-order valence-corrected chi connectivity index (χ0v) is 10.4. The van der Waals surface area contributed by atoms with E-state index in [1.807, 2.05) is 18.2 Å². The zero-order valence-electron chi connectivity index (χ0n) is 10.4. The molecule has 1 aromatic rings. The first kappa shape index (κ1) is 12.7. The van der Waals surface area contributed by atoms with E-state index in [-0.39, 0.29) is 0 Å². The number of hydrogen-bond donors (Lipinski definition) is 0. The van der Waals surface area contributed by atoms with Gasteiger partial charge in [0.1, 0.15) is 0 Å². The van der Waals surface area contributed by atoms with Gasteiger partial charge in [-0.1, -0.05) is 56.5 Å². The molecule has 1 rings (SSSR count). The van der Waals surface area contributed by atoms with Crippen molar-refractivity contribution in [1.29, 1.82) is 0 Å². The molecule has 0 atom stereocenters. The third-order valence-electron chi connectivity index (χ3n) is 2.58. The molecule has 0 heterocycles. The lowest BCUT2D eigenvalue weighted by Crippen LogP contribution is -1.82. The van der Waals surface area contributed by atoms with Crippen molar-refractivity contribution in [1.82, 2.24) is 0 Å². The van der Waals surface area contributed by atoms with Crippen molar-refractivity contribution in [2.24, 2.45) is 4.99 Å². The van der Waals surface area contributed by atoms with Crippen molar-refractivity contribution >= 4 is 11.4 Å². The fraction of sp³-hybridized carbons (Fsp3) is 0.467. The summed E-state index contributed by atoms with van der Waals surface area (Å²) in [5.74, 6) is 3.12. The summed E-state index contributed by atoms with van der Waals surface area (Å²) >= 11 is 0. The average Bonchev–Trinajstić information content (AvgIpc) is 2.34. The van der Waals surface area contributed by atoms with Crippen molar-refractivity contribution in [2.75, 3.05) is 6.54 Å². The van der Waals surface area contributed by atoms with E-state index >= 15 is 0 Å². The Hall–Kier alpha value is -1.33. The van der Waals surface area contributed by atoms with Gasteiger partial charge in [-0.2, -0.15) is 0 Å². The molecule has 86 valence electrons. The fourth-order valence-corrected chi connectivity index (χ4v) is 1.54. The number of allylic oxidation sites excluding steroid dienone is 1. The molecule has 0 saturated carbocycles. The minimum absolute atomic E-state index is 0.907. The van der Waals surface area contributed by atoms with Crippen molar-refractivity contribution in [3.05, 3.63) is 35.9 Å². The van der Waals surface area contributed by atoms with Crippen LogP contribution in [0.4, 0.5) is 0 Å². The molecule has 0 aromatic heterocycles. The number of aliphatic imine (C=N–C) groups is 1. The lowest BCUT2D eigenvalue weighted by atomic mass is 10.1. The topological polar surface area (TPSA) is 12.4 Å². The summed E-state index contributed by atoms with van der Waals surface area (Å²) in [5.41, 5.74) is 2.33. The third-order valence-corrected chi connectivity index (χ3v) is 2.58. The van der Waals surface area contributed by atoms with Gasteiger partial charge >= 0.3 is 0 Å². The standard InChI is InChI=1S/C15H21N/c1-3-4-5-9-12-16-13-14(2)15-10-7-6-8-11-15/h6-8,10-11H,3-5,9,12H2,1-2H3. The van der Waals surface area contributed by atoms with Gasteiger partial charge in [0.25, 0.3) is 0 Å². The Kier molecular flexibility index (Phi) is 6.29. The predicted octanol–water partition coefficient (Wildman–Crippen LogP) is 4.34. The summed E-state index contributed by atoms with van der Waals surface area (Å²) < 4.78 is 0. The first-order valence-electron chi connectivity index (χ1n) is 6.16. The highest BCUT2D eigenvalue weighted by molar-refractivity contribution is 5.88. The van der Waals surface area contributed by atoms with Crippen molar-refractivity contribution in [3.8, 4) is 0 Å². The Morgan fingerprint density at radius 1 is 1.12 bits per heavy atom. The Balaban J connectivity index is 2.41. The van der Waals surface area contributed by atoms with E-state index in [0.717, 1.165) is 12.1 Å². The van der Waals surface area contributed by atoms with E-state index in [1.54, 1.807) is 0 Å². The van der Waals surface area contributed by atoms with E-state index in [0.29, 0.717) is 0 Å². The molecule has 0 aliphatic carbocycles. The highest BCUT2D eigenvalue weighted by atomic mass is 14.7. The van der Waals surface area contributed by atoms with Crippen LogP contribution in [-0.4, -0.2) is 12.4 Å². The van der Waals surface area contributed by atoms with E-state index in [1.165, 1.54) is 31.2 Å². The lowest BCUT2D eigenvalue weighted by Gasteiger charge is -1.96. The minimum atomic E-state index is 0.907. The fourth-order valence-electron chi connectivity index (χ4n) is 1.54. The first-order chi connectivity index (χ1) is 7.84. The van der Waals surface area contributed by atoms with Gasteiger partial charge in [-0.3, -0.25) is 0 Å². The van der Waals surface area contributed by atoms with Crippen LogP contribution in [0.2, 0.25) is 0 Å². The largest absolute Gasteiger partial charge is 0.243 e. The van der Waals surface area contributed by atoms with Crippen LogP contribution >= 0.6 is 0 Å². The second-order valence-corrected chi connectivity index (χ2v) is 4.05. The Bertz CT molecular complexity index is 345. The number of hydrogen-bond acceptors (Lipinski definition) is 1. The van der Waals surface area contributed by atoms with Gasteiger partial charge in [-0.15, -0.1) is 0 Å². The number of nitrogens with zero attached hydrogens (tertiary/aromatic N) is 1. The molecule has 0 fully saturated rings. The smallest absolute Gasteiger partial charge is 0.0484 e. The van der Waals surface area contributed by atoms with E-state index in [4.69, 9.17) is 0 Å². The van der Waals surface area contributed by atoms with Crippen molar-refractivity contribution in [3.63, 3.8) is 0 Å². The molecular weight excluding hydrogens is 194 g/mol. The summed E-state index contributed by atoms with van der Waals surface area (Å²) in [6, 6.07) is 10.3. The van der Waals surface area contributed by atoms with Gasteiger partial charge in [0, 0.05) is 12.1 Å². The van der Waals surface area contributed by atoms with Crippen LogP contribution in [0.1, 0.15) is 45.1 Å². The molecule has 1 aromatic carbocycles. The molecule has 0 aliphatic rings. The first-order valence-corrected chi connectivity index (χ1v) is 6.16. The minimum Gasteiger partial charge on any atom is -0.243 e. The Morgan fingerprint density at radius 3 is 2.56 bits per heavy atom. The second-order valence-electron chi connectivity index (χ2n) is 4.05. The number of unbranched alkanes of at least 4 members (excludes halogenated alkanes) is 3. The molecule has 0 radical (unpaired) electrons. The van der Waals surface area contributed by atoms with Crippen LogP contribution in [0.3, 0.4) is 0 Å². The SMILES string of the molecule is CCCCCCN=C=C(C)c1ccccc1. The van der Waals surface area contributed by atoms with Crippen LogP contribution in [0.25, 0.3) is 5.57 Å². The number of benzene rings is 1. The molecule has 0 amide bonds. The van der Waals surface area contributed by atoms with Crippen molar-refractivity contribution < 1.29 is 0 Å². The molecule has 0 N–H and O–H groups in total. The zero-order chi connectivity index (χ0) is 11.6. The van der Waals surface area contributed by atoms with Crippen LogP contribution in [-0.2, 0) is 0 Å². The molecule has 0 aliphatic heterocycles. The lowest BCUT2D eigenvalue weighted by molar-refractivity contribution is 0.676. The van der Waals surface area contributed by atoms with Gasteiger partial charge < -0.3 is 0 Å². The molecule has 1 nitrogen and oxygen atoms in total. The molecule has 16 heavy (non-hydrogen) atoms. The molecule has 0 bridgehead atoms. The molecule has 0 unspecified atom stereocenters. The van der Waals surface area contributed by atoms with Gasteiger partial charge in [0.2, 0.25) is 0 Å². The van der Waals surface area contributed by atoms with Crippen LogP contribution in [0, 0.1) is 0 Å². The Labute approximate surface area is 98.9 Å². The number of rotatable bonds is 6.